The quantitative estimate of drug-likeness (QED) is 0.724. The van der Waals surface area contributed by atoms with E-state index in [1.807, 2.05) is 27.7 Å². The summed E-state index contributed by atoms with van der Waals surface area (Å²) in [6.45, 7) is 1.38. The molecule has 0 radical (unpaired) electrons. The second kappa shape index (κ2) is 7.43. The maximum atomic E-state index is 12.9. The minimum atomic E-state index is -0.0999. The van der Waals surface area contributed by atoms with E-state index in [-0.39, 0.29) is 11.9 Å². The third-order valence-corrected chi connectivity index (χ3v) is 4.69. The number of amides is 1. The number of hydrogen-bond acceptors (Lipinski definition) is 5. The van der Waals surface area contributed by atoms with E-state index in [0.29, 0.717) is 18.8 Å². The highest BCUT2D eigenvalue weighted by molar-refractivity contribution is 5.92. The van der Waals surface area contributed by atoms with Gasteiger partial charge in [0.2, 0.25) is 0 Å². The Balaban J connectivity index is 1.61. The van der Waals surface area contributed by atoms with Crippen molar-refractivity contribution in [3.8, 4) is 0 Å². The molecule has 7 nitrogen and oxygen atoms in total. The predicted octanol–water partition coefficient (Wildman–Crippen LogP) is 2.48. The monoisotopic (exact) mass is 348 g/mol. The Hall–Kier alpha value is -3.09. The Bertz CT molecular complexity index is 864. The van der Waals surface area contributed by atoms with Gasteiger partial charge in [0.05, 0.1) is 18.8 Å². The SMILES string of the molecule is O=C(c1cnccn1)N1CCCC[C@@H]1c1nncn1Cc1ccccc1. The average molecular weight is 348 g/mol. The lowest BCUT2D eigenvalue weighted by atomic mass is 10.0. The van der Waals surface area contributed by atoms with Gasteiger partial charge in [-0.25, -0.2) is 4.98 Å². The van der Waals surface area contributed by atoms with Crippen LogP contribution in [0, 0.1) is 0 Å². The number of nitrogens with zero attached hydrogens (tertiary/aromatic N) is 6. The maximum absolute atomic E-state index is 12.9. The summed E-state index contributed by atoms with van der Waals surface area (Å²) in [4.78, 5) is 23.0. The van der Waals surface area contributed by atoms with Crippen LogP contribution in [0.1, 0.15) is 47.2 Å². The summed E-state index contributed by atoms with van der Waals surface area (Å²) in [6.07, 6.45) is 9.29. The van der Waals surface area contributed by atoms with Crippen LogP contribution in [0.3, 0.4) is 0 Å². The maximum Gasteiger partial charge on any atom is 0.274 e. The normalized spacial score (nSPS) is 17.2. The molecule has 1 amide bonds. The molecule has 132 valence electrons. The van der Waals surface area contributed by atoms with E-state index in [9.17, 15) is 4.79 Å². The van der Waals surface area contributed by atoms with Crippen LogP contribution in [-0.4, -0.2) is 42.1 Å². The van der Waals surface area contributed by atoms with Crippen molar-refractivity contribution in [2.24, 2.45) is 0 Å². The third-order valence-electron chi connectivity index (χ3n) is 4.69. The second-order valence-corrected chi connectivity index (χ2v) is 6.40. The fourth-order valence-corrected chi connectivity index (χ4v) is 3.42. The molecule has 1 aliphatic heterocycles. The summed E-state index contributed by atoms with van der Waals surface area (Å²) in [5, 5.41) is 8.45. The summed E-state index contributed by atoms with van der Waals surface area (Å²) in [5.41, 5.74) is 1.55. The van der Waals surface area contributed by atoms with Crippen LogP contribution >= 0.6 is 0 Å². The van der Waals surface area contributed by atoms with Crippen molar-refractivity contribution in [1.29, 1.82) is 0 Å². The topological polar surface area (TPSA) is 76.8 Å². The molecule has 26 heavy (non-hydrogen) atoms. The standard InChI is InChI=1S/C19H20N6O/c26-19(16-12-20-9-10-21-16)25-11-5-4-8-17(25)18-23-22-14-24(18)13-15-6-2-1-3-7-15/h1-3,6-7,9-10,12,14,17H,4-5,8,11,13H2/t17-/m1/s1. The number of piperidine rings is 1. The lowest BCUT2D eigenvalue weighted by Crippen LogP contribution is -2.40. The van der Waals surface area contributed by atoms with Crippen molar-refractivity contribution < 1.29 is 4.79 Å². The van der Waals surface area contributed by atoms with E-state index in [1.54, 1.807) is 18.7 Å². The fraction of sp³-hybridized carbons (Fsp3) is 0.316. The van der Waals surface area contributed by atoms with Crippen LogP contribution in [0.2, 0.25) is 0 Å². The van der Waals surface area contributed by atoms with Crippen LogP contribution in [0.25, 0.3) is 0 Å². The van der Waals surface area contributed by atoms with E-state index in [0.717, 1.165) is 25.1 Å². The van der Waals surface area contributed by atoms with Crippen LogP contribution < -0.4 is 0 Å². The van der Waals surface area contributed by atoms with Crippen LogP contribution in [0.15, 0.2) is 55.2 Å². The van der Waals surface area contributed by atoms with Gasteiger partial charge in [-0.15, -0.1) is 10.2 Å². The van der Waals surface area contributed by atoms with Gasteiger partial charge in [0.15, 0.2) is 5.82 Å². The zero-order valence-corrected chi connectivity index (χ0v) is 14.4. The van der Waals surface area contributed by atoms with E-state index in [4.69, 9.17) is 0 Å². The van der Waals surface area contributed by atoms with Crippen molar-refractivity contribution in [3.05, 3.63) is 72.3 Å². The van der Waals surface area contributed by atoms with Crippen LogP contribution in [0.5, 0.6) is 0 Å². The van der Waals surface area contributed by atoms with Gasteiger partial charge in [-0.3, -0.25) is 9.78 Å². The molecule has 7 heteroatoms. The molecule has 1 fully saturated rings. The summed E-state index contributed by atoms with van der Waals surface area (Å²) < 4.78 is 2.03. The first-order chi connectivity index (χ1) is 12.8. The number of carbonyl (C=O) groups is 1. The van der Waals surface area contributed by atoms with Crippen LogP contribution in [-0.2, 0) is 6.54 Å². The van der Waals surface area contributed by atoms with Crippen molar-refractivity contribution in [3.63, 3.8) is 0 Å². The molecule has 0 bridgehead atoms. The minimum absolute atomic E-state index is 0.0931. The number of rotatable bonds is 4. The van der Waals surface area contributed by atoms with E-state index < -0.39 is 0 Å². The summed E-state index contributed by atoms with van der Waals surface area (Å²) in [5.74, 6) is 0.725. The fourth-order valence-electron chi connectivity index (χ4n) is 3.42. The highest BCUT2D eigenvalue weighted by Crippen LogP contribution is 2.31. The predicted molar refractivity (Wildman–Crippen MR) is 95.2 cm³/mol. The van der Waals surface area contributed by atoms with Crippen molar-refractivity contribution in [1.82, 2.24) is 29.6 Å². The lowest BCUT2D eigenvalue weighted by molar-refractivity contribution is 0.0588. The summed E-state index contributed by atoms with van der Waals surface area (Å²) >= 11 is 0. The van der Waals surface area contributed by atoms with Crippen LogP contribution in [0.4, 0.5) is 0 Å². The van der Waals surface area contributed by atoms with Gasteiger partial charge < -0.3 is 9.47 Å². The molecular formula is C19H20N6O. The van der Waals surface area contributed by atoms with Gasteiger partial charge in [-0.2, -0.15) is 0 Å². The molecule has 1 saturated heterocycles. The first-order valence-corrected chi connectivity index (χ1v) is 8.81. The highest BCUT2D eigenvalue weighted by atomic mass is 16.2. The zero-order valence-electron chi connectivity index (χ0n) is 14.4. The molecule has 0 spiro atoms. The number of aromatic nitrogens is 5. The van der Waals surface area contributed by atoms with Gasteiger partial charge in [-0.05, 0) is 24.8 Å². The molecule has 3 heterocycles. The molecule has 0 saturated carbocycles. The summed E-state index contributed by atoms with van der Waals surface area (Å²) in [7, 11) is 0. The lowest BCUT2D eigenvalue weighted by Gasteiger charge is -2.34. The van der Waals surface area contributed by atoms with Gasteiger partial charge in [-0.1, -0.05) is 30.3 Å². The molecule has 1 aromatic carbocycles. The molecule has 3 aromatic rings. The highest BCUT2D eigenvalue weighted by Gasteiger charge is 2.32. The van der Waals surface area contributed by atoms with Crippen molar-refractivity contribution in [2.45, 2.75) is 31.8 Å². The molecule has 0 unspecified atom stereocenters. The van der Waals surface area contributed by atoms with Gasteiger partial charge in [0.1, 0.15) is 12.0 Å². The molecule has 1 atom stereocenters. The minimum Gasteiger partial charge on any atom is -0.327 e. The van der Waals surface area contributed by atoms with Crippen molar-refractivity contribution >= 4 is 5.91 Å². The van der Waals surface area contributed by atoms with E-state index >= 15 is 0 Å². The Labute approximate surface area is 151 Å². The van der Waals surface area contributed by atoms with Gasteiger partial charge in [0, 0.05) is 18.9 Å². The Kier molecular flexibility index (Phi) is 4.68. The van der Waals surface area contributed by atoms with E-state index in [1.165, 1.54) is 11.8 Å². The second-order valence-electron chi connectivity index (χ2n) is 6.40. The molecule has 1 aliphatic rings. The number of carbonyl (C=O) groups excluding carboxylic acids is 1. The largest absolute Gasteiger partial charge is 0.327 e. The molecule has 4 rings (SSSR count). The molecule has 0 aliphatic carbocycles. The van der Waals surface area contributed by atoms with Gasteiger partial charge in [0.25, 0.3) is 5.91 Å². The smallest absolute Gasteiger partial charge is 0.274 e. The number of benzene rings is 1. The Morgan fingerprint density at radius 2 is 2.04 bits per heavy atom. The Morgan fingerprint density at radius 3 is 2.85 bits per heavy atom. The summed E-state index contributed by atoms with van der Waals surface area (Å²) in [6, 6.07) is 10.1. The molecule has 0 N–H and O–H groups in total. The van der Waals surface area contributed by atoms with Crippen molar-refractivity contribution in [2.75, 3.05) is 6.54 Å². The first kappa shape index (κ1) is 16.4. The zero-order chi connectivity index (χ0) is 17.8. The average Bonchev–Trinajstić information content (AvgIpc) is 3.17. The van der Waals surface area contributed by atoms with Gasteiger partial charge >= 0.3 is 0 Å². The molecule has 2 aromatic heterocycles. The molecular weight excluding hydrogens is 328 g/mol. The Morgan fingerprint density at radius 1 is 1.15 bits per heavy atom. The third kappa shape index (κ3) is 3.33. The van der Waals surface area contributed by atoms with E-state index in [2.05, 4.69) is 32.3 Å². The number of likely N-dealkylation sites (tertiary alicyclic amines) is 1. The number of hydrogen-bond donors (Lipinski definition) is 0. The first-order valence-electron chi connectivity index (χ1n) is 8.81.